The lowest BCUT2D eigenvalue weighted by Gasteiger charge is -2.72. The van der Waals surface area contributed by atoms with Crippen LogP contribution in [-0.2, 0) is 0 Å². The smallest absolute Gasteiger partial charge is 0.231 e. The molecule has 3 atom stereocenters. The summed E-state index contributed by atoms with van der Waals surface area (Å²) in [4.78, 5) is 0. The van der Waals surface area contributed by atoms with Crippen molar-refractivity contribution in [2.75, 3.05) is 0 Å². The number of hydrogen-bond donors (Lipinski definition) is 0. The summed E-state index contributed by atoms with van der Waals surface area (Å²) in [7, 11) is 0. The lowest BCUT2D eigenvalue weighted by molar-refractivity contribution is -0.623. The van der Waals surface area contributed by atoms with E-state index >= 15 is 13.2 Å². The van der Waals surface area contributed by atoms with E-state index in [0.29, 0.717) is 0 Å². The minimum absolute atomic E-state index is 9.26. The summed E-state index contributed by atoms with van der Waals surface area (Å²) < 4.78 is 396. The maximum absolute atomic E-state index is 15.7. The fourth-order valence-corrected chi connectivity index (χ4v) is 5.50. The Morgan fingerprint density at radius 1 is 0.233 bits per heavy atom. The van der Waals surface area contributed by atoms with E-state index in [1.807, 2.05) is 0 Å². The summed E-state index contributed by atoms with van der Waals surface area (Å²) in [5, 5.41) is 0. The molecule has 0 aromatic heterocycles. The molecular weight excluding hydrogens is 712 g/mol. The van der Waals surface area contributed by atoms with Gasteiger partial charge < -0.3 is 0 Å². The molecular formula is C15F28. The Labute approximate surface area is 212 Å². The molecule has 3 unspecified atom stereocenters. The van der Waals surface area contributed by atoms with Gasteiger partial charge in [0.1, 0.15) is 0 Å². The van der Waals surface area contributed by atoms with E-state index in [0.717, 1.165) is 0 Å². The average molecular weight is 712 g/mol. The maximum atomic E-state index is 15.7. The molecule has 0 nitrogen and oxygen atoms in total. The molecule has 2 saturated carbocycles. The second kappa shape index (κ2) is 7.87. The molecule has 2 fully saturated rings. The van der Waals surface area contributed by atoms with Gasteiger partial charge in [-0.15, -0.1) is 0 Å². The van der Waals surface area contributed by atoms with Gasteiger partial charge in [-0.3, -0.25) is 0 Å². The maximum Gasteiger partial charge on any atom is 0.430 e. The van der Waals surface area contributed by atoms with Crippen molar-refractivity contribution in [3.8, 4) is 0 Å². The van der Waals surface area contributed by atoms with Crippen LogP contribution in [0.4, 0.5) is 123 Å². The molecule has 0 amide bonds. The Hall–Kier alpha value is -1.96. The summed E-state index contributed by atoms with van der Waals surface area (Å²) in [6, 6.07) is 0. The molecule has 0 aromatic carbocycles. The van der Waals surface area contributed by atoms with Crippen LogP contribution in [0.25, 0.3) is 0 Å². The molecule has 256 valence electrons. The van der Waals surface area contributed by atoms with Crippen LogP contribution in [0.5, 0.6) is 0 Å². The molecule has 0 aliphatic heterocycles. The first-order valence-corrected chi connectivity index (χ1v) is 9.29. The highest BCUT2D eigenvalue weighted by atomic mass is 19.4. The van der Waals surface area contributed by atoms with Gasteiger partial charge in [-0.05, 0) is 0 Å². The predicted octanol–water partition coefficient (Wildman–Crippen LogP) is 9.10. The third kappa shape index (κ3) is 2.87. The molecule has 2 rings (SSSR count). The molecule has 0 spiro atoms. The molecule has 28 heteroatoms. The summed E-state index contributed by atoms with van der Waals surface area (Å²) >= 11 is 0. The first kappa shape index (κ1) is 37.2. The van der Waals surface area contributed by atoms with Crippen LogP contribution < -0.4 is 0 Å². The zero-order valence-electron chi connectivity index (χ0n) is 18.1. The normalized spacial score (nSPS) is 36.6. The van der Waals surface area contributed by atoms with Gasteiger partial charge in [-0.25, -0.2) is 13.2 Å². The van der Waals surface area contributed by atoms with E-state index in [-0.39, 0.29) is 0 Å². The van der Waals surface area contributed by atoms with Crippen molar-refractivity contribution in [1.82, 2.24) is 0 Å². The van der Waals surface area contributed by atoms with E-state index < -0.39 is 88.3 Å². The lowest BCUT2D eigenvalue weighted by Crippen LogP contribution is -3.04. The highest BCUT2D eigenvalue weighted by Gasteiger charge is 3.22. The van der Waals surface area contributed by atoms with Crippen molar-refractivity contribution in [2.45, 2.75) is 77.5 Å². The standard InChI is InChI=1S/C15F28/c16-3-1(11(29,30)31,12(32,33)34)2(13(35,36)37,14(38,39)40)4(17,15(41,42)43)6(19,20)5(3,18)8(23,24)10(27,28)9(25,26)7(3,21)22. The number of fused-ring (bicyclic) bond motifs is 1. The first-order valence-electron chi connectivity index (χ1n) is 9.29. The summed E-state index contributed by atoms with van der Waals surface area (Å²) in [5.41, 5.74) is -53.7. The zero-order chi connectivity index (χ0) is 35.5. The Bertz CT molecular complexity index is 1110. The van der Waals surface area contributed by atoms with E-state index in [2.05, 4.69) is 0 Å². The Morgan fingerprint density at radius 2 is 0.465 bits per heavy atom. The Kier molecular flexibility index (Phi) is 6.82. The molecule has 0 N–H and O–H groups in total. The zero-order valence-corrected chi connectivity index (χ0v) is 18.1. The van der Waals surface area contributed by atoms with Gasteiger partial charge in [0.25, 0.3) is 17.0 Å². The van der Waals surface area contributed by atoms with Crippen molar-refractivity contribution < 1.29 is 123 Å². The van der Waals surface area contributed by atoms with Gasteiger partial charge in [0.05, 0.1) is 0 Å². The molecule has 0 heterocycles. The molecule has 2 aliphatic rings. The lowest BCUT2D eigenvalue weighted by atomic mass is 9.35. The quantitative estimate of drug-likeness (QED) is 0.220. The van der Waals surface area contributed by atoms with E-state index in [1.54, 1.807) is 0 Å². The SMILES string of the molecule is FC(F)(F)C1(F)C(F)(F)C2(F)C(F)(F)C(F)(F)C(F)(F)C(F)(F)C2(F)C(C(F)(F)F)(C(F)(F)F)C1(C(F)(F)F)C(F)(F)F. The second-order valence-electron chi connectivity index (χ2n) is 8.84. The predicted molar refractivity (Wildman–Crippen MR) is 71.4 cm³/mol. The van der Waals surface area contributed by atoms with Gasteiger partial charge in [0.2, 0.25) is 10.8 Å². The van der Waals surface area contributed by atoms with E-state index in [9.17, 15) is 110 Å². The minimum atomic E-state index is -11.0. The van der Waals surface area contributed by atoms with Crippen molar-refractivity contribution in [3.05, 3.63) is 0 Å². The third-order valence-corrected chi connectivity index (χ3v) is 7.08. The molecule has 43 heavy (non-hydrogen) atoms. The van der Waals surface area contributed by atoms with Crippen LogP contribution in [0.15, 0.2) is 0 Å². The largest absolute Gasteiger partial charge is 0.430 e. The first-order chi connectivity index (χ1) is 18.0. The van der Waals surface area contributed by atoms with Gasteiger partial charge in [0, 0.05) is 0 Å². The summed E-state index contributed by atoms with van der Waals surface area (Å²) in [6.07, 6.45) is -50.2. The number of alkyl halides is 28. The molecule has 0 radical (unpaired) electrons. The van der Waals surface area contributed by atoms with Crippen molar-refractivity contribution in [2.24, 2.45) is 10.8 Å². The number of rotatable bonds is 0. The van der Waals surface area contributed by atoms with Crippen molar-refractivity contribution in [1.29, 1.82) is 0 Å². The molecule has 0 aromatic rings. The van der Waals surface area contributed by atoms with Gasteiger partial charge in [-0.2, -0.15) is 110 Å². The average Bonchev–Trinajstić information content (AvgIpc) is 2.68. The topological polar surface area (TPSA) is 0 Å². The van der Waals surface area contributed by atoms with Crippen LogP contribution in [0.2, 0.25) is 0 Å². The molecule has 2 aliphatic carbocycles. The third-order valence-electron chi connectivity index (χ3n) is 7.08. The highest BCUT2D eigenvalue weighted by Crippen LogP contribution is 2.92. The summed E-state index contributed by atoms with van der Waals surface area (Å²) in [6.45, 7) is 0. The second-order valence-corrected chi connectivity index (χ2v) is 8.84. The fourth-order valence-electron chi connectivity index (χ4n) is 5.50. The minimum Gasteiger partial charge on any atom is -0.231 e. The van der Waals surface area contributed by atoms with E-state index in [1.165, 1.54) is 0 Å². The summed E-state index contributed by atoms with van der Waals surface area (Å²) in [5.74, 6) is -48.9. The van der Waals surface area contributed by atoms with Crippen LogP contribution in [0, 0.1) is 10.8 Å². The molecule has 0 bridgehead atoms. The van der Waals surface area contributed by atoms with Gasteiger partial charge >= 0.3 is 60.5 Å². The van der Waals surface area contributed by atoms with Crippen LogP contribution >= 0.6 is 0 Å². The highest BCUT2D eigenvalue weighted by molar-refractivity contribution is 5.49. The number of halogens is 28. The fraction of sp³-hybridized carbons (Fsp3) is 1.00. The van der Waals surface area contributed by atoms with Crippen LogP contribution in [0.3, 0.4) is 0 Å². The van der Waals surface area contributed by atoms with E-state index in [4.69, 9.17) is 0 Å². The van der Waals surface area contributed by atoms with Crippen molar-refractivity contribution in [3.63, 3.8) is 0 Å². The van der Waals surface area contributed by atoms with Crippen LogP contribution in [0.1, 0.15) is 0 Å². The van der Waals surface area contributed by atoms with Gasteiger partial charge in [0.15, 0.2) is 0 Å². The Morgan fingerprint density at radius 3 is 0.674 bits per heavy atom. The van der Waals surface area contributed by atoms with Gasteiger partial charge in [-0.1, -0.05) is 0 Å². The molecule has 0 saturated heterocycles. The number of hydrogen-bond acceptors (Lipinski definition) is 0. The Balaban J connectivity index is 3.99. The van der Waals surface area contributed by atoms with Crippen LogP contribution in [-0.4, -0.2) is 77.5 Å². The monoisotopic (exact) mass is 712 g/mol. The van der Waals surface area contributed by atoms with Crippen molar-refractivity contribution >= 4 is 0 Å².